The van der Waals surface area contributed by atoms with Crippen molar-refractivity contribution < 1.29 is 9.47 Å². The number of nitrogens with one attached hydrogen (secondary N) is 1. The molecule has 1 aromatic heterocycles. The molecule has 0 saturated carbocycles. The molecule has 200 valence electrons. The topological polar surface area (TPSA) is 43.4 Å². The molecule has 3 aliphatic heterocycles. The average Bonchev–Trinajstić information content (AvgIpc) is 3.01. The van der Waals surface area contributed by atoms with Crippen molar-refractivity contribution in [1.29, 1.82) is 0 Å². The van der Waals surface area contributed by atoms with Crippen LogP contribution in [-0.2, 0) is 9.47 Å². The number of aromatic nitrogens is 1. The van der Waals surface area contributed by atoms with Crippen molar-refractivity contribution in [3.63, 3.8) is 0 Å². The molecule has 8 atom stereocenters. The zero-order chi connectivity index (χ0) is 25.8. The van der Waals surface area contributed by atoms with Crippen molar-refractivity contribution >= 4 is 0 Å². The first-order chi connectivity index (χ1) is 19.3. The lowest BCUT2D eigenvalue weighted by Gasteiger charge is -2.61. The number of rotatable bonds is 2. The molecule has 1 N–H and O–H groups in total. The van der Waals surface area contributed by atoms with Crippen LogP contribution >= 0.6 is 0 Å². The number of hydrogen-bond donors (Lipinski definition) is 1. The van der Waals surface area contributed by atoms with E-state index in [4.69, 9.17) is 14.5 Å². The summed E-state index contributed by atoms with van der Waals surface area (Å²) >= 11 is 0. The van der Waals surface area contributed by atoms with Gasteiger partial charge in [0.15, 0.2) is 0 Å². The van der Waals surface area contributed by atoms with Crippen LogP contribution in [0.15, 0.2) is 108 Å². The maximum Gasteiger partial charge on any atom is 0.124 e. The van der Waals surface area contributed by atoms with Crippen LogP contribution in [0.5, 0.6) is 0 Å². The Morgan fingerprint density at radius 1 is 1.00 bits per heavy atom. The Labute approximate surface area is 232 Å². The van der Waals surface area contributed by atoms with Gasteiger partial charge < -0.3 is 14.8 Å². The second-order valence-corrected chi connectivity index (χ2v) is 12.3. The lowest BCUT2D eigenvalue weighted by Crippen LogP contribution is -2.59. The molecule has 2 saturated heterocycles. The average molecular weight is 519 g/mol. The molecule has 4 nitrogen and oxygen atoms in total. The predicted octanol–water partition coefficient (Wildman–Crippen LogP) is 6.64. The second-order valence-electron chi connectivity index (χ2n) is 12.3. The molecule has 4 heteroatoms. The fraction of sp³-hybridized carbons (Fsp3) is 0.457. The number of pyridine rings is 1. The van der Waals surface area contributed by atoms with Gasteiger partial charge in [-0.1, -0.05) is 67.2 Å². The van der Waals surface area contributed by atoms with E-state index in [0.29, 0.717) is 12.0 Å². The minimum atomic E-state index is -0.133. The smallest absolute Gasteiger partial charge is 0.124 e. The molecule has 4 heterocycles. The van der Waals surface area contributed by atoms with Crippen LogP contribution in [0.4, 0.5) is 0 Å². The summed E-state index contributed by atoms with van der Waals surface area (Å²) in [6.45, 7) is 1.11. The maximum absolute atomic E-state index is 7.10. The summed E-state index contributed by atoms with van der Waals surface area (Å²) in [5.41, 5.74) is 5.25. The molecule has 2 fully saturated rings. The van der Waals surface area contributed by atoms with Crippen LogP contribution in [-0.4, -0.2) is 35.9 Å². The zero-order valence-corrected chi connectivity index (χ0v) is 22.5. The van der Waals surface area contributed by atoms with Crippen LogP contribution in [0.2, 0.25) is 0 Å². The Balaban J connectivity index is 1.29. The molecule has 0 amide bonds. The monoisotopic (exact) mass is 518 g/mol. The van der Waals surface area contributed by atoms with Crippen LogP contribution in [0.3, 0.4) is 0 Å². The summed E-state index contributed by atoms with van der Waals surface area (Å²) < 4.78 is 13.9. The van der Waals surface area contributed by atoms with Crippen molar-refractivity contribution in [2.24, 2.45) is 17.3 Å². The number of allylic oxidation sites excluding steroid dienone is 7. The van der Waals surface area contributed by atoms with Crippen LogP contribution in [0.1, 0.15) is 56.6 Å². The van der Waals surface area contributed by atoms with Crippen molar-refractivity contribution in [2.75, 3.05) is 6.54 Å². The quantitative estimate of drug-likeness (QED) is 0.446. The van der Waals surface area contributed by atoms with E-state index >= 15 is 0 Å². The maximum atomic E-state index is 7.10. The molecule has 39 heavy (non-hydrogen) atoms. The number of ether oxygens (including phenoxy) is 2. The molecular weight excluding hydrogens is 480 g/mol. The van der Waals surface area contributed by atoms with Crippen molar-refractivity contribution in [1.82, 2.24) is 10.3 Å². The number of fused-ring (bicyclic) bond motifs is 7. The summed E-state index contributed by atoms with van der Waals surface area (Å²) in [5.74, 6) is 2.05. The van der Waals surface area contributed by atoms with E-state index in [0.717, 1.165) is 37.9 Å². The third-order valence-electron chi connectivity index (χ3n) is 10.3. The van der Waals surface area contributed by atoms with Gasteiger partial charge in [0, 0.05) is 53.1 Å². The zero-order valence-electron chi connectivity index (χ0n) is 22.5. The Kier molecular flexibility index (Phi) is 5.88. The van der Waals surface area contributed by atoms with E-state index in [2.05, 4.69) is 78.2 Å². The van der Waals surface area contributed by atoms with Gasteiger partial charge >= 0.3 is 0 Å². The van der Waals surface area contributed by atoms with Gasteiger partial charge in [-0.2, -0.15) is 0 Å². The highest BCUT2D eigenvalue weighted by Gasteiger charge is 2.62. The van der Waals surface area contributed by atoms with Gasteiger partial charge in [0.25, 0.3) is 0 Å². The Morgan fingerprint density at radius 2 is 2.00 bits per heavy atom. The summed E-state index contributed by atoms with van der Waals surface area (Å²) in [6, 6.07) is 6.68. The predicted molar refractivity (Wildman–Crippen MR) is 154 cm³/mol. The first kappa shape index (κ1) is 23.9. The Hall–Kier alpha value is -2.95. The minimum absolute atomic E-state index is 0.0282. The Bertz CT molecular complexity index is 1340. The lowest BCUT2D eigenvalue weighted by molar-refractivity contribution is -0.111. The van der Waals surface area contributed by atoms with Crippen LogP contribution < -0.4 is 5.32 Å². The molecule has 4 aliphatic carbocycles. The van der Waals surface area contributed by atoms with Gasteiger partial charge in [-0.15, -0.1) is 0 Å². The summed E-state index contributed by atoms with van der Waals surface area (Å²) in [5, 5.41) is 3.77. The fourth-order valence-electron chi connectivity index (χ4n) is 8.64. The van der Waals surface area contributed by atoms with Gasteiger partial charge in [0.05, 0.1) is 12.2 Å². The molecule has 8 rings (SSSR count). The number of hydrogen-bond acceptors (Lipinski definition) is 4. The molecule has 0 bridgehead atoms. The van der Waals surface area contributed by atoms with E-state index < -0.39 is 0 Å². The number of piperidine rings is 1. The minimum Gasteiger partial charge on any atom is -0.490 e. The van der Waals surface area contributed by atoms with Gasteiger partial charge in [0.2, 0.25) is 0 Å². The number of nitrogens with zero attached hydrogens (tertiary/aromatic N) is 1. The van der Waals surface area contributed by atoms with Crippen molar-refractivity contribution in [2.45, 2.75) is 75.2 Å². The van der Waals surface area contributed by atoms with E-state index in [9.17, 15) is 0 Å². The van der Waals surface area contributed by atoms with E-state index in [1.54, 1.807) is 0 Å². The van der Waals surface area contributed by atoms with E-state index in [1.807, 2.05) is 12.3 Å². The van der Waals surface area contributed by atoms with Gasteiger partial charge in [-0.3, -0.25) is 4.98 Å². The van der Waals surface area contributed by atoms with E-state index in [1.165, 1.54) is 41.7 Å². The first-order valence-electron chi connectivity index (χ1n) is 15.1. The molecule has 0 aromatic carbocycles. The van der Waals surface area contributed by atoms with Crippen LogP contribution in [0, 0.1) is 17.3 Å². The summed E-state index contributed by atoms with van der Waals surface area (Å²) in [7, 11) is 0. The highest BCUT2D eigenvalue weighted by Crippen LogP contribution is 2.64. The summed E-state index contributed by atoms with van der Waals surface area (Å²) in [4.78, 5) is 4.72. The molecule has 0 radical (unpaired) electrons. The SMILES string of the molecule is C1=CCC2OC3C=CCCC3C3(C2=C1)C1=C(CC(c2ccccn2)C=C1)OC1C=C(C2CCCCN2)C=CC13. The van der Waals surface area contributed by atoms with Crippen LogP contribution in [0.25, 0.3) is 0 Å². The standard InChI is InChI=1S/C35H38N2O2/c1-3-13-31-25(9-1)35(26-10-2-4-14-32(26)38-31)27-17-15-23(29-11-5-7-19-36-29)21-33(27)39-34-22-24(16-18-28(34)35)30-12-6-8-20-37-30/h1,3-5,7,9,11,14-19,22-23,26,28,30-32,34,37H,2,6,8,10,12-13,20-21H2. The normalized spacial score (nSPS) is 40.2. The Morgan fingerprint density at radius 3 is 2.90 bits per heavy atom. The molecular formula is C35H38N2O2. The summed E-state index contributed by atoms with van der Waals surface area (Å²) in [6.07, 6.45) is 33.9. The largest absolute Gasteiger partial charge is 0.490 e. The highest BCUT2D eigenvalue weighted by atomic mass is 16.5. The molecule has 7 aliphatic rings. The highest BCUT2D eigenvalue weighted by molar-refractivity contribution is 5.53. The lowest BCUT2D eigenvalue weighted by atomic mass is 9.49. The third kappa shape index (κ3) is 3.75. The van der Waals surface area contributed by atoms with Crippen molar-refractivity contribution in [3.8, 4) is 0 Å². The fourth-order valence-corrected chi connectivity index (χ4v) is 8.64. The van der Waals surface area contributed by atoms with E-state index in [-0.39, 0.29) is 35.6 Å². The molecule has 8 unspecified atom stereocenters. The molecule has 1 aromatic rings. The third-order valence-corrected chi connectivity index (χ3v) is 10.3. The molecule has 1 spiro atoms. The van der Waals surface area contributed by atoms with Gasteiger partial charge in [0.1, 0.15) is 11.9 Å². The van der Waals surface area contributed by atoms with Gasteiger partial charge in [-0.25, -0.2) is 0 Å². The first-order valence-corrected chi connectivity index (χ1v) is 15.1. The van der Waals surface area contributed by atoms with Crippen molar-refractivity contribution in [3.05, 3.63) is 113 Å². The second kappa shape index (κ2) is 9.60. The van der Waals surface area contributed by atoms with Gasteiger partial charge in [-0.05, 0) is 68.0 Å².